The van der Waals surface area contributed by atoms with E-state index in [2.05, 4.69) is 5.32 Å². The van der Waals surface area contributed by atoms with Crippen molar-refractivity contribution in [3.05, 3.63) is 23.0 Å². The van der Waals surface area contributed by atoms with Crippen LogP contribution < -0.4 is 5.32 Å². The Morgan fingerprint density at radius 2 is 2.11 bits per heavy atom. The highest BCUT2D eigenvalue weighted by molar-refractivity contribution is 5.89. The van der Waals surface area contributed by atoms with Gasteiger partial charge in [-0.15, -0.1) is 0 Å². The number of rotatable bonds is 5. The highest BCUT2D eigenvalue weighted by atomic mass is 16.4. The van der Waals surface area contributed by atoms with Gasteiger partial charge in [0.1, 0.15) is 0 Å². The number of carboxylic acids is 1. The molecule has 102 valence electrons. The summed E-state index contributed by atoms with van der Waals surface area (Å²) in [5.74, 6) is -0.913. The number of nitrogens with zero attached hydrogens (tertiary/aromatic N) is 1. The minimum atomic E-state index is -0.913. The molecular weight excluding hydrogens is 232 g/mol. The Hall–Kier alpha value is -1.33. The maximum Gasteiger partial charge on any atom is 0.337 e. The third-order valence-corrected chi connectivity index (χ3v) is 3.63. The van der Waals surface area contributed by atoms with Gasteiger partial charge in [0.2, 0.25) is 0 Å². The number of carbonyl (C=O) groups is 1. The van der Waals surface area contributed by atoms with Crippen molar-refractivity contribution < 1.29 is 15.0 Å². The average molecular weight is 254 g/mol. The Morgan fingerprint density at radius 1 is 1.56 bits per heavy atom. The number of carboxylic acid groups (broad SMARTS) is 1. The Morgan fingerprint density at radius 3 is 2.50 bits per heavy atom. The molecule has 0 radical (unpaired) electrons. The zero-order chi connectivity index (χ0) is 14.1. The first-order valence-corrected chi connectivity index (χ1v) is 5.98. The summed E-state index contributed by atoms with van der Waals surface area (Å²) in [6, 6.07) is 1.67. The van der Waals surface area contributed by atoms with E-state index in [1.54, 1.807) is 19.9 Å². The summed E-state index contributed by atoms with van der Waals surface area (Å²) in [5.41, 5.74) is 1.53. The van der Waals surface area contributed by atoms with Gasteiger partial charge in [-0.2, -0.15) is 0 Å². The van der Waals surface area contributed by atoms with Crippen molar-refractivity contribution in [2.24, 2.45) is 7.05 Å². The quantitative estimate of drug-likeness (QED) is 0.740. The van der Waals surface area contributed by atoms with Gasteiger partial charge in [0.15, 0.2) is 0 Å². The largest absolute Gasteiger partial charge is 0.478 e. The summed E-state index contributed by atoms with van der Waals surface area (Å²) in [6.45, 7) is 7.85. The fourth-order valence-corrected chi connectivity index (χ4v) is 1.62. The van der Waals surface area contributed by atoms with Crippen molar-refractivity contribution in [2.45, 2.75) is 45.9 Å². The molecule has 1 heterocycles. The van der Waals surface area contributed by atoms with E-state index in [1.165, 1.54) is 0 Å². The first-order valence-electron chi connectivity index (χ1n) is 5.98. The molecule has 1 unspecified atom stereocenters. The van der Waals surface area contributed by atoms with Crippen LogP contribution in [0.4, 0.5) is 0 Å². The van der Waals surface area contributed by atoms with Crippen LogP contribution in [0.5, 0.6) is 0 Å². The summed E-state index contributed by atoms with van der Waals surface area (Å²) in [5, 5.41) is 21.9. The van der Waals surface area contributed by atoms with Gasteiger partial charge in [-0.3, -0.25) is 0 Å². The summed E-state index contributed by atoms with van der Waals surface area (Å²) in [7, 11) is 1.84. The van der Waals surface area contributed by atoms with Crippen LogP contribution in [0, 0.1) is 6.92 Å². The van der Waals surface area contributed by atoms with E-state index < -0.39 is 17.6 Å². The Labute approximate surface area is 107 Å². The molecule has 1 aromatic heterocycles. The predicted molar refractivity (Wildman–Crippen MR) is 69.7 cm³/mol. The number of aliphatic hydroxyl groups is 1. The van der Waals surface area contributed by atoms with Gasteiger partial charge in [-0.1, -0.05) is 0 Å². The Balaban J connectivity index is 2.87. The van der Waals surface area contributed by atoms with Crippen LogP contribution in [0.3, 0.4) is 0 Å². The number of hydrogen-bond donors (Lipinski definition) is 3. The molecule has 0 fully saturated rings. The third kappa shape index (κ3) is 2.91. The van der Waals surface area contributed by atoms with Gasteiger partial charge >= 0.3 is 5.97 Å². The maximum atomic E-state index is 11.0. The minimum Gasteiger partial charge on any atom is -0.478 e. The lowest BCUT2D eigenvalue weighted by molar-refractivity contribution is 0.0696. The van der Waals surface area contributed by atoms with Crippen molar-refractivity contribution in [2.75, 3.05) is 0 Å². The second-order valence-corrected chi connectivity index (χ2v) is 5.25. The molecule has 0 amide bonds. The summed E-state index contributed by atoms with van der Waals surface area (Å²) >= 11 is 0. The molecule has 5 nitrogen and oxygen atoms in total. The number of aromatic carboxylic acids is 1. The molecule has 18 heavy (non-hydrogen) atoms. The highest BCUT2D eigenvalue weighted by Crippen LogP contribution is 2.16. The summed E-state index contributed by atoms with van der Waals surface area (Å²) < 4.78 is 1.86. The first-order chi connectivity index (χ1) is 8.16. The molecule has 0 aliphatic rings. The van der Waals surface area contributed by atoms with Gasteiger partial charge in [0, 0.05) is 30.5 Å². The molecule has 0 saturated heterocycles. The highest BCUT2D eigenvalue weighted by Gasteiger charge is 2.24. The van der Waals surface area contributed by atoms with E-state index in [0.29, 0.717) is 12.1 Å². The van der Waals surface area contributed by atoms with Crippen molar-refractivity contribution in [1.29, 1.82) is 0 Å². The smallest absolute Gasteiger partial charge is 0.337 e. The minimum absolute atomic E-state index is 0.323. The van der Waals surface area contributed by atoms with Gasteiger partial charge < -0.3 is 20.1 Å². The number of aromatic nitrogens is 1. The molecule has 0 aliphatic carbocycles. The van der Waals surface area contributed by atoms with E-state index in [9.17, 15) is 9.90 Å². The standard InChI is InChI=1S/C13H22N2O3/c1-8-11(12(17)18)6-10(15(8)5)7-14-13(3,4)9(2)16/h6,9,14,16H,7H2,1-5H3,(H,17,18). The van der Waals surface area contributed by atoms with E-state index in [1.807, 2.05) is 25.5 Å². The molecule has 0 aliphatic heterocycles. The lowest BCUT2D eigenvalue weighted by atomic mass is 9.99. The van der Waals surface area contributed by atoms with Gasteiger partial charge in [-0.05, 0) is 33.8 Å². The van der Waals surface area contributed by atoms with E-state index >= 15 is 0 Å². The molecule has 5 heteroatoms. The zero-order valence-electron chi connectivity index (χ0n) is 11.6. The molecule has 0 saturated carbocycles. The van der Waals surface area contributed by atoms with Crippen LogP contribution in [0.15, 0.2) is 6.07 Å². The van der Waals surface area contributed by atoms with E-state index in [4.69, 9.17) is 5.11 Å². The van der Waals surface area contributed by atoms with E-state index in [-0.39, 0.29) is 0 Å². The Kier molecular flexibility index (Phi) is 4.19. The molecule has 0 bridgehead atoms. The third-order valence-electron chi connectivity index (χ3n) is 3.63. The molecule has 0 aromatic carbocycles. The van der Waals surface area contributed by atoms with Crippen LogP contribution in [-0.2, 0) is 13.6 Å². The normalized spacial score (nSPS) is 13.7. The molecule has 1 aromatic rings. The van der Waals surface area contributed by atoms with Crippen LogP contribution in [0.1, 0.15) is 42.5 Å². The summed E-state index contributed by atoms with van der Waals surface area (Å²) in [4.78, 5) is 11.0. The fraction of sp³-hybridized carbons (Fsp3) is 0.615. The van der Waals surface area contributed by atoms with Crippen molar-refractivity contribution in [3.63, 3.8) is 0 Å². The number of hydrogen-bond acceptors (Lipinski definition) is 3. The van der Waals surface area contributed by atoms with Gasteiger partial charge in [0.05, 0.1) is 11.7 Å². The lowest BCUT2D eigenvalue weighted by Crippen LogP contribution is -2.47. The van der Waals surface area contributed by atoms with Crippen molar-refractivity contribution in [1.82, 2.24) is 9.88 Å². The van der Waals surface area contributed by atoms with Crippen LogP contribution >= 0.6 is 0 Å². The average Bonchev–Trinajstić information content (AvgIpc) is 2.53. The van der Waals surface area contributed by atoms with Gasteiger partial charge in [0.25, 0.3) is 0 Å². The number of nitrogens with one attached hydrogen (secondary N) is 1. The number of aliphatic hydroxyl groups excluding tert-OH is 1. The fourth-order valence-electron chi connectivity index (χ4n) is 1.62. The molecule has 3 N–H and O–H groups in total. The first kappa shape index (κ1) is 14.7. The Bertz CT molecular complexity index is 447. The van der Waals surface area contributed by atoms with Crippen molar-refractivity contribution in [3.8, 4) is 0 Å². The topological polar surface area (TPSA) is 74.5 Å². The summed E-state index contributed by atoms with van der Waals surface area (Å²) in [6.07, 6.45) is -0.488. The lowest BCUT2D eigenvalue weighted by Gasteiger charge is -2.29. The predicted octanol–water partition coefficient (Wildman–Crippen LogP) is 1.28. The van der Waals surface area contributed by atoms with Crippen LogP contribution in [-0.4, -0.2) is 32.4 Å². The van der Waals surface area contributed by atoms with E-state index in [0.717, 1.165) is 11.4 Å². The monoisotopic (exact) mass is 254 g/mol. The van der Waals surface area contributed by atoms with Crippen molar-refractivity contribution >= 4 is 5.97 Å². The zero-order valence-corrected chi connectivity index (χ0v) is 11.6. The second-order valence-electron chi connectivity index (χ2n) is 5.25. The maximum absolute atomic E-state index is 11.0. The SMILES string of the molecule is Cc1c(C(=O)O)cc(CNC(C)(C)C(C)O)n1C. The van der Waals surface area contributed by atoms with Crippen LogP contribution in [0.25, 0.3) is 0 Å². The molecule has 1 rings (SSSR count). The molecule has 0 spiro atoms. The molecule has 1 atom stereocenters. The van der Waals surface area contributed by atoms with Crippen LogP contribution in [0.2, 0.25) is 0 Å². The molecular formula is C13H22N2O3. The van der Waals surface area contributed by atoms with Gasteiger partial charge in [-0.25, -0.2) is 4.79 Å². The second kappa shape index (κ2) is 5.12.